The zero-order chi connectivity index (χ0) is 25.7. The Morgan fingerprint density at radius 2 is 1.94 bits per heavy atom. The Labute approximate surface area is 215 Å². The highest BCUT2D eigenvalue weighted by Crippen LogP contribution is 2.33. The number of benzene rings is 2. The van der Waals surface area contributed by atoms with Gasteiger partial charge in [-0.1, -0.05) is 54.6 Å². The highest BCUT2D eigenvalue weighted by Gasteiger charge is 2.26. The maximum Gasteiger partial charge on any atom is 0.247 e. The standard InChI is InChI=1S/C25H27ClN6O3S/c1-3-23(33)29-22-14-18(17-8-5-4-6-9-17)11-12-21(22)30-24-20(26)15-27-25(31-24)28-19-10-7-13-32(16-19)36(2,34)35/h3-6,8-9,11-12,14-15,19H,1,7,10,13,16H2,2H3,(H,29,33)(H2,27,28,30,31)/t19-/m0/s1. The van der Waals surface area contributed by atoms with Gasteiger partial charge in [-0.3, -0.25) is 4.79 Å². The van der Waals surface area contributed by atoms with Gasteiger partial charge in [0.15, 0.2) is 5.82 Å². The monoisotopic (exact) mass is 526 g/mol. The number of carbonyl (C=O) groups is 1. The molecule has 36 heavy (non-hydrogen) atoms. The van der Waals surface area contributed by atoms with Crippen molar-refractivity contribution >= 4 is 50.7 Å². The molecule has 188 valence electrons. The summed E-state index contributed by atoms with van der Waals surface area (Å²) >= 11 is 6.38. The first-order valence-corrected chi connectivity index (χ1v) is 13.6. The predicted octanol–water partition coefficient (Wildman–Crippen LogP) is 4.50. The van der Waals surface area contributed by atoms with Gasteiger partial charge in [0, 0.05) is 19.1 Å². The first kappa shape index (κ1) is 25.6. The van der Waals surface area contributed by atoms with Crippen LogP contribution >= 0.6 is 11.6 Å². The molecule has 1 aliphatic heterocycles. The minimum Gasteiger partial charge on any atom is -0.350 e. The molecule has 0 bridgehead atoms. The van der Waals surface area contributed by atoms with E-state index in [1.54, 1.807) is 0 Å². The quantitative estimate of drug-likeness (QED) is 0.370. The lowest BCUT2D eigenvalue weighted by atomic mass is 10.0. The Balaban J connectivity index is 1.58. The summed E-state index contributed by atoms with van der Waals surface area (Å²) in [6.07, 6.45) is 5.41. The molecule has 0 radical (unpaired) electrons. The number of piperidine rings is 1. The number of hydrogen-bond donors (Lipinski definition) is 3. The highest BCUT2D eigenvalue weighted by atomic mass is 35.5. The van der Waals surface area contributed by atoms with Crippen LogP contribution in [-0.2, 0) is 14.8 Å². The van der Waals surface area contributed by atoms with Gasteiger partial charge in [-0.2, -0.15) is 4.98 Å². The van der Waals surface area contributed by atoms with Crippen LogP contribution in [0.1, 0.15) is 12.8 Å². The van der Waals surface area contributed by atoms with Gasteiger partial charge in [0.2, 0.25) is 21.9 Å². The molecule has 0 aliphatic carbocycles. The molecular formula is C25H27ClN6O3S. The molecule has 0 spiro atoms. The van der Waals surface area contributed by atoms with Crippen LogP contribution in [-0.4, -0.2) is 54.0 Å². The molecule has 11 heteroatoms. The fourth-order valence-electron chi connectivity index (χ4n) is 3.95. The van der Waals surface area contributed by atoms with Crippen LogP contribution in [0.4, 0.5) is 23.1 Å². The van der Waals surface area contributed by atoms with Gasteiger partial charge in [-0.05, 0) is 42.2 Å². The Bertz CT molecular complexity index is 1370. The summed E-state index contributed by atoms with van der Waals surface area (Å²) in [5, 5.41) is 9.51. The lowest BCUT2D eigenvalue weighted by molar-refractivity contribution is -0.111. The number of carbonyl (C=O) groups excluding carboxylic acids is 1. The van der Waals surface area contributed by atoms with E-state index in [1.807, 2.05) is 48.5 Å². The van der Waals surface area contributed by atoms with Crippen LogP contribution in [0, 0.1) is 0 Å². The van der Waals surface area contributed by atoms with Gasteiger partial charge in [-0.15, -0.1) is 0 Å². The number of hydrogen-bond acceptors (Lipinski definition) is 7. The molecule has 2 heterocycles. The number of rotatable bonds is 8. The van der Waals surface area contributed by atoms with Crippen molar-refractivity contribution in [3.8, 4) is 11.1 Å². The van der Waals surface area contributed by atoms with Crippen LogP contribution in [0.5, 0.6) is 0 Å². The number of anilines is 4. The first-order valence-electron chi connectivity index (χ1n) is 11.4. The fourth-order valence-corrected chi connectivity index (χ4v) is 5.00. The summed E-state index contributed by atoms with van der Waals surface area (Å²) in [5.74, 6) is 0.304. The van der Waals surface area contributed by atoms with Crippen molar-refractivity contribution in [1.29, 1.82) is 0 Å². The van der Waals surface area contributed by atoms with E-state index in [0.29, 0.717) is 36.2 Å². The molecule has 1 amide bonds. The third kappa shape index (κ3) is 6.39. The molecule has 9 nitrogen and oxygen atoms in total. The molecule has 1 aliphatic rings. The molecule has 0 unspecified atom stereocenters. The molecule has 1 aromatic heterocycles. The number of sulfonamides is 1. The molecule has 1 saturated heterocycles. The third-order valence-electron chi connectivity index (χ3n) is 5.75. The van der Waals surface area contributed by atoms with Crippen molar-refractivity contribution in [2.45, 2.75) is 18.9 Å². The molecule has 3 aromatic rings. The largest absolute Gasteiger partial charge is 0.350 e. The van der Waals surface area contributed by atoms with Crippen molar-refractivity contribution in [2.75, 3.05) is 35.3 Å². The molecule has 1 fully saturated rings. The van der Waals surface area contributed by atoms with Crippen molar-refractivity contribution in [3.63, 3.8) is 0 Å². The minimum absolute atomic E-state index is 0.130. The first-order chi connectivity index (χ1) is 17.2. The Morgan fingerprint density at radius 1 is 1.17 bits per heavy atom. The molecule has 1 atom stereocenters. The Hall–Kier alpha value is -3.47. The van der Waals surface area contributed by atoms with Crippen LogP contribution in [0.2, 0.25) is 5.02 Å². The van der Waals surface area contributed by atoms with Gasteiger partial charge in [0.05, 0.1) is 23.8 Å². The predicted molar refractivity (Wildman–Crippen MR) is 144 cm³/mol. The fraction of sp³-hybridized carbons (Fsp3) is 0.240. The van der Waals surface area contributed by atoms with E-state index in [1.165, 1.54) is 22.8 Å². The normalized spacial score (nSPS) is 16.2. The van der Waals surface area contributed by atoms with E-state index in [0.717, 1.165) is 24.0 Å². The van der Waals surface area contributed by atoms with Crippen molar-refractivity contribution in [3.05, 3.63) is 72.4 Å². The summed E-state index contributed by atoms with van der Waals surface area (Å²) in [6, 6.07) is 15.3. The van der Waals surface area contributed by atoms with E-state index < -0.39 is 10.0 Å². The van der Waals surface area contributed by atoms with E-state index in [4.69, 9.17) is 11.6 Å². The number of halogens is 1. The maximum absolute atomic E-state index is 12.1. The van der Waals surface area contributed by atoms with Gasteiger partial charge in [0.1, 0.15) is 5.02 Å². The lowest BCUT2D eigenvalue weighted by Gasteiger charge is -2.31. The summed E-state index contributed by atoms with van der Waals surface area (Å²) in [5.41, 5.74) is 3.03. The van der Waals surface area contributed by atoms with Crippen molar-refractivity contribution in [2.24, 2.45) is 0 Å². The number of aromatic nitrogens is 2. The Kier molecular flexibility index (Phi) is 7.88. The van der Waals surface area contributed by atoms with Gasteiger partial charge in [-0.25, -0.2) is 17.7 Å². The zero-order valence-corrected chi connectivity index (χ0v) is 21.3. The molecular weight excluding hydrogens is 500 g/mol. The number of amides is 1. The lowest BCUT2D eigenvalue weighted by Crippen LogP contribution is -2.44. The van der Waals surface area contributed by atoms with Gasteiger partial charge >= 0.3 is 0 Å². The van der Waals surface area contributed by atoms with Crippen LogP contribution in [0.25, 0.3) is 11.1 Å². The topological polar surface area (TPSA) is 116 Å². The number of nitrogens with zero attached hydrogens (tertiary/aromatic N) is 3. The van der Waals surface area contributed by atoms with E-state index in [2.05, 4.69) is 32.5 Å². The van der Waals surface area contributed by atoms with E-state index in [9.17, 15) is 13.2 Å². The average Bonchev–Trinajstić information content (AvgIpc) is 2.87. The van der Waals surface area contributed by atoms with Gasteiger partial charge < -0.3 is 16.0 Å². The van der Waals surface area contributed by atoms with E-state index >= 15 is 0 Å². The Morgan fingerprint density at radius 3 is 2.67 bits per heavy atom. The highest BCUT2D eigenvalue weighted by molar-refractivity contribution is 7.88. The van der Waals surface area contributed by atoms with Crippen LogP contribution in [0.15, 0.2) is 67.4 Å². The van der Waals surface area contributed by atoms with Crippen LogP contribution < -0.4 is 16.0 Å². The second kappa shape index (κ2) is 11.1. The molecule has 4 rings (SSSR count). The summed E-state index contributed by atoms with van der Waals surface area (Å²) in [7, 11) is -3.27. The molecule has 0 saturated carbocycles. The summed E-state index contributed by atoms with van der Waals surface area (Å²) < 4.78 is 25.3. The SMILES string of the molecule is C=CC(=O)Nc1cc(-c2ccccc2)ccc1Nc1nc(N[C@H]2CCCN(S(C)(=O)=O)C2)ncc1Cl. The molecule has 3 N–H and O–H groups in total. The summed E-state index contributed by atoms with van der Waals surface area (Å²) in [6.45, 7) is 4.37. The zero-order valence-electron chi connectivity index (χ0n) is 19.7. The van der Waals surface area contributed by atoms with Crippen molar-refractivity contribution in [1.82, 2.24) is 14.3 Å². The van der Waals surface area contributed by atoms with Gasteiger partial charge in [0.25, 0.3) is 0 Å². The van der Waals surface area contributed by atoms with Crippen LogP contribution in [0.3, 0.4) is 0 Å². The second-order valence-corrected chi connectivity index (χ2v) is 10.8. The molecule has 2 aromatic carbocycles. The number of nitrogens with one attached hydrogen (secondary N) is 3. The smallest absolute Gasteiger partial charge is 0.247 e. The second-order valence-electron chi connectivity index (χ2n) is 8.44. The summed E-state index contributed by atoms with van der Waals surface area (Å²) in [4.78, 5) is 20.9. The third-order valence-corrected chi connectivity index (χ3v) is 7.30. The van der Waals surface area contributed by atoms with E-state index in [-0.39, 0.29) is 17.0 Å². The maximum atomic E-state index is 12.1. The average molecular weight is 527 g/mol. The van der Waals surface area contributed by atoms with Crippen molar-refractivity contribution < 1.29 is 13.2 Å². The minimum atomic E-state index is -3.27.